The molecule has 3 rings (SSSR count). The molecule has 0 radical (unpaired) electrons. The van der Waals surface area contributed by atoms with Crippen molar-refractivity contribution < 1.29 is 23.9 Å². The van der Waals surface area contributed by atoms with Gasteiger partial charge >= 0.3 is 5.97 Å². The fourth-order valence-electron chi connectivity index (χ4n) is 3.28. The number of anilines is 1. The summed E-state index contributed by atoms with van der Waals surface area (Å²) in [5, 5.41) is 5.72. The molecular formula is C26H26N2O5. The molecule has 0 atom stereocenters. The van der Waals surface area contributed by atoms with Crippen LogP contribution in [0.1, 0.15) is 34.8 Å². The second-order valence-electron chi connectivity index (χ2n) is 7.36. The van der Waals surface area contributed by atoms with Gasteiger partial charge in [0.2, 0.25) is 5.91 Å². The zero-order chi connectivity index (χ0) is 23.6. The number of esters is 1. The number of rotatable bonds is 9. The van der Waals surface area contributed by atoms with E-state index in [2.05, 4.69) is 10.6 Å². The Balaban J connectivity index is 1.53. The van der Waals surface area contributed by atoms with Crippen molar-refractivity contribution in [2.45, 2.75) is 26.3 Å². The molecule has 0 aliphatic rings. The molecule has 7 nitrogen and oxygen atoms in total. The van der Waals surface area contributed by atoms with E-state index in [-0.39, 0.29) is 11.8 Å². The lowest BCUT2D eigenvalue weighted by Gasteiger charge is -2.10. The highest BCUT2D eigenvalue weighted by Gasteiger charge is 2.10. The second-order valence-corrected chi connectivity index (χ2v) is 7.36. The molecule has 170 valence electrons. The molecule has 0 aromatic heterocycles. The highest BCUT2D eigenvalue weighted by molar-refractivity contribution is 6.04. The van der Waals surface area contributed by atoms with Crippen LogP contribution >= 0.6 is 0 Å². The van der Waals surface area contributed by atoms with Crippen LogP contribution in [-0.4, -0.2) is 24.9 Å². The van der Waals surface area contributed by atoms with Crippen LogP contribution < -0.4 is 20.1 Å². The number of methoxy groups -OCH3 is 1. The van der Waals surface area contributed by atoms with E-state index in [9.17, 15) is 14.4 Å². The largest absolute Gasteiger partial charge is 0.496 e. The van der Waals surface area contributed by atoms with Gasteiger partial charge in [-0.15, -0.1) is 0 Å². The molecule has 0 saturated carbocycles. The van der Waals surface area contributed by atoms with Gasteiger partial charge in [-0.1, -0.05) is 36.4 Å². The first kappa shape index (κ1) is 23.5. The van der Waals surface area contributed by atoms with Gasteiger partial charge in [0.25, 0.3) is 5.91 Å². The lowest BCUT2D eigenvalue weighted by atomic mass is 10.1. The van der Waals surface area contributed by atoms with Crippen LogP contribution in [0.25, 0.3) is 0 Å². The van der Waals surface area contributed by atoms with Gasteiger partial charge in [0, 0.05) is 31.1 Å². The molecule has 0 fully saturated rings. The summed E-state index contributed by atoms with van der Waals surface area (Å²) in [4.78, 5) is 36.0. The van der Waals surface area contributed by atoms with Crippen LogP contribution in [0.15, 0.2) is 72.8 Å². The van der Waals surface area contributed by atoms with E-state index in [1.807, 2.05) is 30.3 Å². The van der Waals surface area contributed by atoms with Gasteiger partial charge in [-0.2, -0.15) is 0 Å². The Hall–Kier alpha value is -4.13. The fourth-order valence-corrected chi connectivity index (χ4v) is 3.28. The summed E-state index contributed by atoms with van der Waals surface area (Å²) in [7, 11) is 1.61. The highest BCUT2D eigenvalue weighted by atomic mass is 16.5. The first-order valence-corrected chi connectivity index (χ1v) is 10.5. The van der Waals surface area contributed by atoms with Crippen LogP contribution in [0.3, 0.4) is 0 Å². The van der Waals surface area contributed by atoms with E-state index in [1.54, 1.807) is 43.5 Å². The van der Waals surface area contributed by atoms with Crippen molar-refractivity contribution in [2.75, 3.05) is 12.4 Å². The van der Waals surface area contributed by atoms with Crippen LogP contribution in [0.5, 0.6) is 11.5 Å². The number of ether oxygens (including phenoxy) is 2. The Morgan fingerprint density at radius 1 is 0.909 bits per heavy atom. The van der Waals surface area contributed by atoms with E-state index in [0.29, 0.717) is 36.4 Å². The Labute approximate surface area is 192 Å². The SMILES string of the molecule is COc1ccccc1CCC(=O)NCc1cccc(NC(=O)c2cccc(OC(C)=O)c2)c1. The molecule has 0 aliphatic heterocycles. The zero-order valence-corrected chi connectivity index (χ0v) is 18.6. The number of aryl methyl sites for hydroxylation is 1. The Morgan fingerprint density at radius 2 is 1.70 bits per heavy atom. The average molecular weight is 447 g/mol. The van der Waals surface area contributed by atoms with Crippen molar-refractivity contribution in [1.82, 2.24) is 5.32 Å². The molecule has 0 aliphatic carbocycles. The molecule has 3 aromatic carbocycles. The van der Waals surface area contributed by atoms with E-state index in [4.69, 9.17) is 9.47 Å². The normalized spacial score (nSPS) is 10.2. The monoisotopic (exact) mass is 446 g/mol. The predicted molar refractivity (Wildman–Crippen MR) is 125 cm³/mol. The summed E-state index contributed by atoms with van der Waals surface area (Å²) in [5.41, 5.74) is 2.80. The van der Waals surface area contributed by atoms with E-state index in [0.717, 1.165) is 16.9 Å². The maximum atomic E-state index is 12.6. The summed E-state index contributed by atoms with van der Waals surface area (Å²) in [6.45, 7) is 1.64. The van der Waals surface area contributed by atoms with Crippen LogP contribution in [0, 0.1) is 0 Å². The number of hydrogen-bond acceptors (Lipinski definition) is 5. The summed E-state index contributed by atoms with van der Waals surface area (Å²) in [6.07, 6.45) is 0.924. The quantitative estimate of drug-likeness (QED) is 0.381. The molecule has 0 unspecified atom stereocenters. The molecule has 2 amide bonds. The summed E-state index contributed by atoms with van der Waals surface area (Å²) in [6, 6.07) is 21.3. The molecule has 0 saturated heterocycles. The number of nitrogens with one attached hydrogen (secondary N) is 2. The molecular weight excluding hydrogens is 420 g/mol. The van der Waals surface area contributed by atoms with Crippen molar-refractivity contribution in [3.63, 3.8) is 0 Å². The molecule has 2 N–H and O–H groups in total. The van der Waals surface area contributed by atoms with Gasteiger partial charge in [0.15, 0.2) is 0 Å². The zero-order valence-electron chi connectivity index (χ0n) is 18.6. The lowest BCUT2D eigenvalue weighted by molar-refractivity contribution is -0.131. The fraction of sp³-hybridized carbons (Fsp3) is 0.192. The Morgan fingerprint density at radius 3 is 2.48 bits per heavy atom. The standard InChI is InChI=1S/C26H26N2O5/c1-18(29)33-23-11-6-9-21(16-23)26(31)28-22-10-5-7-19(15-22)17-27-25(30)14-13-20-8-3-4-12-24(20)32-2/h3-12,15-16H,13-14,17H2,1-2H3,(H,27,30)(H,28,31). The molecule has 0 heterocycles. The van der Waals surface area contributed by atoms with E-state index in [1.165, 1.54) is 13.0 Å². The number of benzene rings is 3. The Kier molecular flexibility index (Phi) is 8.18. The maximum absolute atomic E-state index is 12.6. The third kappa shape index (κ3) is 7.21. The average Bonchev–Trinajstić information content (AvgIpc) is 2.81. The predicted octanol–water partition coefficient (Wildman–Crippen LogP) is 4.12. The van der Waals surface area contributed by atoms with E-state index < -0.39 is 5.97 Å². The van der Waals surface area contributed by atoms with Gasteiger partial charge in [-0.05, 0) is 53.9 Å². The summed E-state index contributed by atoms with van der Waals surface area (Å²) in [5.74, 6) is 0.219. The Bertz CT molecular complexity index is 1140. The van der Waals surface area contributed by atoms with Crippen molar-refractivity contribution in [2.24, 2.45) is 0 Å². The topological polar surface area (TPSA) is 93.7 Å². The first-order chi connectivity index (χ1) is 15.9. The minimum absolute atomic E-state index is 0.0716. The van der Waals surface area contributed by atoms with Crippen molar-refractivity contribution in [3.05, 3.63) is 89.5 Å². The number of amides is 2. The minimum atomic E-state index is -0.454. The molecule has 33 heavy (non-hydrogen) atoms. The van der Waals surface area contributed by atoms with Gasteiger partial charge in [0.05, 0.1) is 7.11 Å². The number of hydrogen-bond donors (Lipinski definition) is 2. The van der Waals surface area contributed by atoms with Gasteiger partial charge in [0.1, 0.15) is 11.5 Å². The van der Waals surface area contributed by atoms with Gasteiger partial charge in [-0.3, -0.25) is 14.4 Å². The van der Waals surface area contributed by atoms with Crippen molar-refractivity contribution in [1.29, 1.82) is 0 Å². The van der Waals surface area contributed by atoms with E-state index >= 15 is 0 Å². The third-order valence-electron chi connectivity index (χ3n) is 4.85. The molecule has 0 spiro atoms. The smallest absolute Gasteiger partial charge is 0.308 e. The number of carbonyl (C=O) groups is 3. The van der Waals surface area contributed by atoms with Crippen LogP contribution in [0.4, 0.5) is 5.69 Å². The number of carbonyl (C=O) groups excluding carboxylic acids is 3. The highest BCUT2D eigenvalue weighted by Crippen LogP contribution is 2.19. The van der Waals surface area contributed by atoms with Crippen molar-refractivity contribution in [3.8, 4) is 11.5 Å². The molecule has 0 bridgehead atoms. The maximum Gasteiger partial charge on any atom is 0.308 e. The van der Waals surface area contributed by atoms with Gasteiger partial charge in [-0.25, -0.2) is 0 Å². The first-order valence-electron chi connectivity index (χ1n) is 10.5. The number of para-hydroxylation sites is 1. The minimum Gasteiger partial charge on any atom is -0.496 e. The molecule has 3 aromatic rings. The summed E-state index contributed by atoms with van der Waals surface area (Å²) >= 11 is 0. The third-order valence-corrected chi connectivity index (χ3v) is 4.85. The van der Waals surface area contributed by atoms with Crippen LogP contribution in [0.2, 0.25) is 0 Å². The van der Waals surface area contributed by atoms with Gasteiger partial charge < -0.3 is 20.1 Å². The lowest BCUT2D eigenvalue weighted by Crippen LogP contribution is -2.23. The summed E-state index contributed by atoms with van der Waals surface area (Å²) < 4.78 is 10.3. The van der Waals surface area contributed by atoms with Crippen LogP contribution in [-0.2, 0) is 22.6 Å². The molecule has 7 heteroatoms. The second kappa shape index (κ2) is 11.5. The van der Waals surface area contributed by atoms with Crippen molar-refractivity contribution >= 4 is 23.5 Å².